The molecule has 1 aliphatic rings. The summed E-state index contributed by atoms with van der Waals surface area (Å²) in [6.07, 6.45) is 6.08. The molecule has 9 nitrogen and oxygen atoms in total. The Hall–Kier alpha value is -1.14. The van der Waals surface area contributed by atoms with Gasteiger partial charge in [0, 0.05) is 12.4 Å². The van der Waals surface area contributed by atoms with E-state index in [0.717, 1.165) is 0 Å². The van der Waals surface area contributed by atoms with Gasteiger partial charge in [-0.05, 0) is 12.6 Å². The maximum absolute atomic E-state index is 11.1. The van der Waals surface area contributed by atoms with Crippen LogP contribution in [0.3, 0.4) is 0 Å². The van der Waals surface area contributed by atoms with Gasteiger partial charge in [0.05, 0.1) is 6.67 Å². The van der Waals surface area contributed by atoms with Crippen LogP contribution in [0.5, 0.6) is 0 Å². The van der Waals surface area contributed by atoms with Crippen LogP contribution in [0.1, 0.15) is 19.8 Å². The minimum atomic E-state index is -4.67. The van der Waals surface area contributed by atoms with Gasteiger partial charge >= 0.3 is 10.4 Å². The Morgan fingerprint density at radius 1 is 1.25 bits per heavy atom. The van der Waals surface area contributed by atoms with Crippen LogP contribution in [0.4, 0.5) is 0 Å². The van der Waals surface area contributed by atoms with Crippen LogP contribution in [0.25, 0.3) is 0 Å². The van der Waals surface area contributed by atoms with Crippen LogP contribution in [0.2, 0.25) is 0 Å². The highest BCUT2D eigenvalue weighted by atomic mass is 32.3. The quantitative estimate of drug-likeness (QED) is 0.617. The van der Waals surface area contributed by atoms with E-state index >= 15 is 0 Å². The van der Waals surface area contributed by atoms with E-state index in [-0.39, 0.29) is 0 Å². The van der Waals surface area contributed by atoms with Gasteiger partial charge in [-0.15, -0.1) is 0 Å². The van der Waals surface area contributed by atoms with Crippen molar-refractivity contribution in [2.75, 3.05) is 6.67 Å². The Morgan fingerprint density at radius 3 is 2.05 bits per heavy atom. The SMILES string of the molecule is C=CN1C=CN(C(CCC)S(=O)(=O)O)C1.O=S(=O)(O)O. The molecule has 1 heterocycles. The van der Waals surface area contributed by atoms with Gasteiger partial charge in [0.2, 0.25) is 0 Å². The molecule has 0 fully saturated rings. The first-order chi connectivity index (χ1) is 8.99. The molecule has 1 unspecified atom stereocenters. The van der Waals surface area contributed by atoms with Crippen molar-refractivity contribution in [1.29, 1.82) is 0 Å². The van der Waals surface area contributed by atoms with Crippen molar-refractivity contribution in [2.45, 2.75) is 25.1 Å². The summed E-state index contributed by atoms with van der Waals surface area (Å²) >= 11 is 0. The van der Waals surface area contributed by atoms with Crippen LogP contribution in [-0.2, 0) is 20.5 Å². The zero-order valence-electron chi connectivity index (χ0n) is 10.8. The highest BCUT2D eigenvalue weighted by molar-refractivity contribution is 7.86. The van der Waals surface area contributed by atoms with Crippen LogP contribution in [-0.4, -0.2) is 52.3 Å². The van der Waals surface area contributed by atoms with Crippen molar-refractivity contribution in [1.82, 2.24) is 9.80 Å². The molecule has 118 valence electrons. The third-order valence-corrected chi connectivity index (χ3v) is 3.45. The van der Waals surface area contributed by atoms with E-state index in [2.05, 4.69) is 6.58 Å². The highest BCUT2D eigenvalue weighted by Gasteiger charge is 2.29. The van der Waals surface area contributed by atoms with Crippen molar-refractivity contribution < 1.29 is 30.5 Å². The van der Waals surface area contributed by atoms with Crippen molar-refractivity contribution in [3.05, 3.63) is 25.2 Å². The lowest BCUT2D eigenvalue weighted by molar-refractivity contribution is 0.267. The molecule has 0 aromatic rings. The third-order valence-electron chi connectivity index (χ3n) is 2.26. The molecule has 0 aromatic carbocycles. The van der Waals surface area contributed by atoms with Gasteiger partial charge in [0.1, 0.15) is 0 Å². The van der Waals surface area contributed by atoms with Crippen molar-refractivity contribution in [3.8, 4) is 0 Å². The summed E-state index contributed by atoms with van der Waals surface area (Å²) in [6, 6.07) is 0. The first-order valence-electron chi connectivity index (χ1n) is 5.47. The Morgan fingerprint density at radius 2 is 1.75 bits per heavy atom. The number of nitrogens with zero attached hydrogens (tertiary/aromatic N) is 2. The molecule has 1 rings (SSSR count). The second-order valence-corrected chi connectivity index (χ2v) is 6.33. The summed E-state index contributed by atoms with van der Waals surface area (Å²) < 4.78 is 62.9. The van der Waals surface area contributed by atoms with Gasteiger partial charge in [0.15, 0.2) is 5.37 Å². The molecule has 0 amide bonds. The van der Waals surface area contributed by atoms with Crippen LogP contribution in [0.15, 0.2) is 25.2 Å². The van der Waals surface area contributed by atoms with Crippen LogP contribution >= 0.6 is 0 Å². The third kappa shape index (κ3) is 8.12. The average molecular weight is 330 g/mol. The second kappa shape index (κ2) is 7.59. The molecule has 0 saturated heterocycles. The maximum Gasteiger partial charge on any atom is 0.394 e. The fourth-order valence-electron chi connectivity index (χ4n) is 1.49. The lowest BCUT2D eigenvalue weighted by Gasteiger charge is -2.25. The Kier molecular flexibility index (Phi) is 7.16. The molecule has 20 heavy (non-hydrogen) atoms. The molecule has 1 atom stereocenters. The predicted octanol–water partition coefficient (Wildman–Crippen LogP) is 0.537. The van der Waals surface area contributed by atoms with Crippen molar-refractivity contribution in [2.24, 2.45) is 0 Å². The Labute approximate surface area is 118 Å². The van der Waals surface area contributed by atoms with E-state index in [9.17, 15) is 8.42 Å². The number of rotatable bonds is 5. The minimum Gasteiger partial charge on any atom is -0.340 e. The zero-order chi connectivity index (χ0) is 16.0. The normalized spacial score (nSPS) is 16.6. The molecule has 0 saturated carbocycles. The van der Waals surface area contributed by atoms with Gasteiger partial charge in [-0.25, -0.2) is 0 Å². The molecule has 3 N–H and O–H groups in total. The van der Waals surface area contributed by atoms with Crippen molar-refractivity contribution >= 4 is 20.5 Å². The molecule has 0 bridgehead atoms. The highest BCUT2D eigenvalue weighted by Crippen LogP contribution is 2.18. The molecule has 11 heteroatoms. The first-order valence-corrected chi connectivity index (χ1v) is 8.37. The van der Waals surface area contributed by atoms with E-state index in [0.29, 0.717) is 19.5 Å². The number of hydrogen-bond donors (Lipinski definition) is 3. The summed E-state index contributed by atoms with van der Waals surface area (Å²) in [5, 5.41) is -0.858. The van der Waals surface area contributed by atoms with Gasteiger partial charge in [-0.1, -0.05) is 19.9 Å². The Balaban J connectivity index is 0.000000621. The predicted molar refractivity (Wildman–Crippen MR) is 72.3 cm³/mol. The summed E-state index contributed by atoms with van der Waals surface area (Å²) in [4.78, 5) is 3.33. The monoisotopic (exact) mass is 330 g/mol. The van der Waals surface area contributed by atoms with Crippen LogP contribution in [0, 0.1) is 0 Å². The van der Waals surface area contributed by atoms with E-state index < -0.39 is 25.9 Å². The largest absolute Gasteiger partial charge is 0.394 e. The average Bonchev–Trinajstić information content (AvgIpc) is 2.70. The van der Waals surface area contributed by atoms with E-state index in [1.54, 1.807) is 28.4 Å². The molecular weight excluding hydrogens is 312 g/mol. The van der Waals surface area contributed by atoms with Crippen molar-refractivity contribution in [3.63, 3.8) is 0 Å². The van der Waals surface area contributed by atoms with E-state index in [4.69, 9.17) is 22.1 Å². The van der Waals surface area contributed by atoms with E-state index in [1.807, 2.05) is 6.92 Å². The van der Waals surface area contributed by atoms with E-state index in [1.165, 1.54) is 0 Å². The summed E-state index contributed by atoms with van der Waals surface area (Å²) in [5.41, 5.74) is 0. The zero-order valence-corrected chi connectivity index (χ0v) is 12.5. The topological polar surface area (TPSA) is 135 Å². The fourth-order valence-corrected chi connectivity index (χ4v) is 2.51. The molecule has 0 aliphatic carbocycles. The first kappa shape index (κ1) is 18.9. The summed E-state index contributed by atoms with van der Waals surface area (Å²) in [5.74, 6) is 0. The van der Waals surface area contributed by atoms with Gasteiger partial charge in [0.25, 0.3) is 10.1 Å². The molecule has 0 spiro atoms. The van der Waals surface area contributed by atoms with Gasteiger partial charge < -0.3 is 9.80 Å². The molecule has 0 radical (unpaired) electrons. The maximum atomic E-state index is 11.1. The van der Waals surface area contributed by atoms with Gasteiger partial charge in [-0.2, -0.15) is 16.8 Å². The molecular formula is C9H18N2O7S2. The number of hydrogen-bond acceptors (Lipinski definition) is 6. The smallest absolute Gasteiger partial charge is 0.340 e. The van der Waals surface area contributed by atoms with Crippen LogP contribution < -0.4 is 0 Å². The summed E-state index contributed by atoms with van der Waals surface area (Å²) in [6.45, 7) is 5.87. The standard InChI is InChI=1S/C9H16N2O3S.H2O4S/c1-3-5-9(15(12,13)14)11-7-6-10(4-2)8-11;1-5(2,3)4/h4,6-7,9H,2-3,5,8H2,1H3,(H,12,13,14);(H2,1,2,3,4). The minimum absolute atomic E-state index is 0.411. The lowest BCUT2D eigenvalue weighted by Crippen LogP contribution is -2.38. The van der Waals surface area contributed by atoms with Gasteiger partial charge in [-0.3, -0.25) is 13.7 Å². The lowest BCUT2D eigenvalue weighted by atomic mass is 10.3. The molecule has 1 aliphatic heterocycles. The summed E-state index contributed by atoms with van der Waals surface area (Å²) in [7, 11) is -8.70. The fraction of sp³-hybridized carbons (Fsp3) is 0.556. The second-order valence-electron chi connectivity index (χ2n) is 3.86. The molecule has 0 aromatic heterocycles. The Bertz CT molecular complexity index is 533.